The molecule has 0 aliphatic rings. The van der Waals surface area contributed by atoms with Crippen molar-refractivity contribution < 1.29 is 23.9 Å². The van der Waals surface area contributed by atoms with Gasteiger partial charge in [0.1, 0.15) is 12.6 Å². The second-order valence-corrected chi connectivity index (χ2v) is 7.32. The molecule has 1 aromatic rings. The van der Waals surface area contributed by atoms with Crippen molar-refractivity contribution in [3.05, 3.63) is 35.9 Å². The van der Waals surface area contributed by atoms with Crippen LogP contribution in [0.5, 0.6) is 0 Å². The Labute approximate surface area is 171 Å². The fraction of sp³-hybridized carbons (Fsp3) is 0.524. The van der Waals surface area contributed by atoms with Crippen LogP contribution >= 0.6 is 0 Å². The monoisotopic (exact) mass is 405 g/mol. The molecule has 2 atom stereocenters. The number of alkyl carbamates (subject to hydrolysis) is 1. The number of nitrogens with two attached hydrogens (primary N) is 1. The van der Waals surface area contributed by atoms with Crippen molar-refractivity contribution >= 4 is 23.7 Å². The van der Waals surface area contributed by atoms with Gasteiger partial charge in [-0.3, -0.25) is 14.4 Å². The molecule has 3 amide bonds. The molecule has 0 saturated carbocycles. The Bertz CT molecular complexity index is 691. The second-order valence-electron chi connectivity index (χ2n) is 7.32. The Kier molecular flexibility index (Phi) is 10.4. The molecule has 0 radical (unpaired) electrons. The van der Waals surface area contributed by atoms with Gasteiger partial charge in [-0.25, -0.2) is 4.79 Å². The minimum atomic E-state index is -1.10. The number of primary amides is 1. The SMILES string of the molecule is CCCC[C@H](NC(=O)[C@H](CC(C)C)NC(=O)OCc1ccccc1)C(=O)C(N)=O. The summed E-state index contributed by atoms with van der Waals surface area (Å²) in [6.07, 6.45) is 1.35. The summed E-state index contributed by atoms with van der Waals surface area (Å²) in [6, 6.07) is 7.25. The molecule has 0 bridgehead atoms. The number of benzene rings is 1. The number of hydrogen-bond donors (Lipinski definition) is 3. The molecule has 0 aromatic heterocycles. The van der Waals surface area contributed by atoms with Crippen molar-refractivity contribution in [2.75, 3.05) is 0 Å². The van der Waals surface area contributed by atoms with Gasteiger partial charge in [0.05, 0.1) is 6.04 Å². The lowest BCUT2D eigenvalue weighted by molar-refractivity contribution is -0.138. The lowest BCUT2D eigenvalue weighted by Crippen LogP contribution is -2.53. The van der Waals surface area contributed by atoms with Crippen molar-refractivity contribution in [2.24, 2.45) is 11.7 Å². The zero-order valence-corrected chi connectivity index (χ0v) is 17.3. The number of unbranched alkanes of at least 4 members (excludes halogenated alkanes) is 1. The van der Waals surface area contributed by atoms with E-state index < -0.39 is 35.8 Å². The third-order valence-electron chi connectivity index (χ3n) is 4.25. The summed E-state index contributed by atoms with van der Waals surface area (Å²) >= 11 is 0. The van der Waals surface area contributed by atoms with Crippen LogP contribution in [0.1, 0.15) is 52.0 Å². The van der Waals surface area contributed by atoms with E-state index in [1.54, 1.807) is 0 Å². The van der Waals surface area contributed by atoms with Crippen LogP contribution in [0, 0.1) is 5.92 Å². The fourth-order valence-corrected chi connectivity index (χ4v) is 2.73. The summed E-state index contributed by atoms with van der Waals surface area (Å²) < 4.78 is 5.17. The molecule has 0 spiro atoms. The first-order valence-corrected chi connectivity index (χ1v) is 9.85. The van der Waals surface area contributed by atoms with Crippen LogP contribution in [0.25, 0.3) is 0 Å². The molecule has 0 heterocycles. The quantitative estimate of drug-likeness (QED) is 0.459. The highest BCUT2D eigenvalue weighted by molar-refractivity contribution is 6.37. The number of ether oxygens (including phenoxy) is 1. The molecule has 0 unspecified atom stereocenters. The van der Waals surface area contributed by atoms with Crippen LogP contribution in [-0.2, 0) is 25.7 Å². The Morgan fingerprint density at radius 2 is 1.69 bits per heavy atom. The summed E-state index contributed by atoms with van der Waals surface area (Å²) in [5, 5.41) is 5.11. The van der Waals surface area contributed by atoms with Gasteiger partial charge in [0, 0.05) is 0 Å². The highest BCUT2D eigenvalue weighted by Gasteiger charge is 2.29. The molecule has 0 aliphatic heterocycles. The Balaban J connectivity index is 2.75. The zero-order chi connectivity index (χ0) is 21.8. The van der Waals surface area contributed by atoms with Crippen molar-refractivity contribution in [1.82, 2.24) is 10.6 Å². The average molecular weight is 405 g/mol. The number of Topliss-reactive ketones (excluding diaryl/α,β-unsaturated/α-hetero) is 1. The topological polar surface area (TPSA) is 128 Å². The summed E-state index contributed by atoms with van der Waals surface area (Å²) in [7, 11) is 0. The lowest BCUT2D eigenvalue weighted by Gasteiger charge is -2.23. The predicted octanol–water partition coefficient (Wildman–Crippen LogP) is 2.06. The van der Waals surface area contributed by atoms with E-state index in [0.29, 0.717) is 19.3 Å². The van der Waals surface area contributed by atoms with Gasteiger partial charge in [-0.1, -0.05) is 63.9 Å². The predicted molar refractivity (Wildman–Crippen MR) is 109 cm³/mol. The normalized spacial score (nSPS) is 12.7. The third-order valence-corrected chi connectivity index (χ3v) is 4.25. The Morgan fingerprint density at radius 3 is 2.24 bits per heavy atom. The van der Waals surface area contributed by atoms with Gasteiger partial charge < -0.3 is 21.1 Å². The van der Waals surface area contributed by atoms with Gasteiger partial charge in [-0.05, 0) is 24.3 Å². The number of ketones is 1. The van der Waals surface area contributed by atoms with Crippen molar-refractivity contribution in [2.45, 2.75) is 65.1 Å². The number of carbonyl (C=O) groups excluding carboxylic acids is 4. The van der Waals surface area contributed by atoms with Gasteiger partial charge in [-0.15, -0.1) is 0 Å². The minimum absolute atomic E-state index is 0.0714. The number of carbonyl (C=O) groups is 4. The number of rotatable bonds is 12. The zero-order valence-electron chi connectivity index (χ0n) is 17.3. The smallest absolute Gasteiger partial charge is 0.408 e. The van der Waals surface area contributed by atoms with E-state index in [1.807, 2.05) is 51.1 Å². The second kappa shape index (κ2) is 12.5. The van der Waals surface area contributed by atoms with E-state index >= 15 is 0 Å². The number of nitrogens with one attached hydrogen (secondary N) is 2. The molecule has 0 saturated heterocycles. The van der Waals surface area contributed by atoms with E-state index in [1.165, 1.54) is 0 Å². The Morgan fingerprint density at radius 1 is 1.03 bits per heavy atom. The highest BCUT2D eigenvalue weighted by Crippen LogP contribution is 2.09. The summed E-state index contributed by atoms with van der Waals surface area (Å²) in [5.74, 6) is -2.39. The number of amides is 3. The minimum Gasteiger partial charge on any atom is -0.445 e. The summed E-state index contributed by atoms with van der Waals surface area (Å²) in [6.45, 7) is 5.81. The fourth-order valence-electron chi connectivity index (χ4n) is 2.73. The first-order chi connectivity index (χ1) is 13.7. The van der Waals surface area contributed by atoms with E-state index in [9.17, 15) is 19.2 Å². The summed E-state index contributed by atoms with van der Waals surface area (Å²) in [5.41, 5.74) is 5.91. The van der Waals surface area contributed by atoms with Crippen LogP contribution in [0.15, 0.2) is 30.3 Å². The summed E-state index contributed by atoms with van der Waals surface area (Å²) in [4.78, 5) is 48.1. The highest BCUT2D eigenvalue weighted by atomic mass is 16.5. The molecule has 0 fully saturated rings. The van der Waals surface area contributed by atoms with Crippen LogP contribution < -0.4 is 16.4 Å². The molecule has 8 heteroatoms. The number of hydrogen-bond acceptors (Lipinski definition) is 5. The lowest BCUT2D eigenvalue weighted by atomic mass is 10.0. The van der Waals surface area contributed by atoms with Crippen molar-refractivity contribution in [3.63, 3.8) is 0 Å². The van der Waals surface area contributed by atoms with Crippen molar-refractivity contribution in [1.29, 1.82) is 0 Å². The van der Waals surface area contributed by atoms with Gasteiger partial charge >= 0.3 is 6.09 Å². The van der Waals surface area contributed by atoms with Gasteiger partial charge in [0.25, 0.3) is 5.91 Å². The van der Waals surface area contributed by atoms with Gasteiger partial charge in [0.15, 0.2) is 0 Å². The van der Waals surface area contributed by atoms with Crippen LogP contribution in [0.2, 0.25) is 0 Å². The van der Waals surface area contributed by atoms with Crippen molar-refractivity contribution in [3.8, 4) is 0 Å². The van der Waals surface area contributed by atoms with E-state index in [0.717, 1.165) is 12.0 Å². The van der Waals surface area contributed by atoms with Crippen LogP contribution in [-0.4, -0.2) is 35.8 Å². The Hall–Kier alpha value is -2.90. The molecule has 160 valence electrons. The molecular weight excluding hydrogens is 374 g/mol. The molecule has 4 N–H and O–H groups in total. The average Bonchev–Trinajstić information content (AvgIpc) is 2.68. The van der Waals surface area contributed by atoms with Crippen LogP contribution in [0.4, 0.5) is 4.79 Å². The standard InChI is InChI=1S/C21H31N3O5/c1-4-5-11-16(18(25)19(22)26)23-20(27)17(12-14(2)3)24-21(28)29-13-15-9-7-6-8-10-15/h6-10,14,16-17H,4-5,11-13H2,1-3H3,(H2,22,26)(H,23,27)(H,24,28)/t16-,17-/m0/s1. The maximum Gasteiger partial charge on any atom is 0.408 e. The molecule has 29 heavy (non-hydrogen) atoms. The molecule has 8 nitrogen and oxygen atoms in total. The molecule has 1 rings (SSSR count). The largest absolute Gasteiger partial charge is 0.445 e. The maximum absolute atomic E-state index is 12.7. The molecule has 0 aliphatic carbocycles. The van der Waals surface area contributed by atoms with E-state index in [4.69, 9.17) is 10.5 Å². The molecular formula is C21H31N3O5. The third kappa shape index (κ3) is 9.23. The van der Waals surface area contributed by atoms with E-state index in [2.05, 4.69) is 10.6 Å². The van der Waals surface area contributed by atoms with Crippen LogP contribution in [0.3, 0.4) is 0 Å². The van der Waals surface area contributed by atoms with E-state index in [-0.39, 0.29) is 12.5 Å². The first kappa shape index (κ1) is 24.1. The first-order valence-electron chi connectivity index (χ1n) is 9.85. The molecule has 1 aromatic carbocycles. The van der Waals surface area contributed by atoms with Gasteiger partial charge in [0.2, 0.25) is 11.7 Å². The maximum atomic E-state index is 12.7. The van der Waals surface area contributed by atoms with Gasteiger partial charge in [-0.2, -0.15) is 0 Å².